The minimum atomic E-state index is -0.310. The molecule has 0 saturated carbocycles. The Labute approximate surface area is 102 Å². The number of carbonyl (C=O) groups excluding carboxylic acids is 1. The van der Waals surface area contributed by atoms with Crippen LogP contribution in [0.15, 0.2) is 22.7 Å². The Morgan fingerprint density at radius 1 is 1.50 bits per heavy atom. The monoisotopic (exact) mass is 288 g/mol. The first-order chi connectivity index (χ1) is 7.59. The van der Waals surface area contributed by atoms with E-state index in [1.165, 1.54) is 6.07 Å². The van der Waals surface area contributed by atoms with Crippen molar-refractivity contribution in [2.45, 2.75) is 19.4 Å². The number of primary amides is 1. The summed E-state index contributed by atoms with van der Waals surface area (Å²) in [7, 11) is 0. The number of carbonyl (C=O) groups is 1. The Bertz CT molecular complexity index is 371. The molecule has 1 aromatic carbocycles. The molecule has 1 rings (SSSR count). The minimum Gasteiger partial charge on any atom is -0.370 e. The van der Waals surface area contributed by atoms with Crippen LogP contribution >= 0.6 is 15.9 Å². The third-order valence-electron chi connectivity index (χ3n) is 2.10. The lowest BCUT2D eigenvalue weighted by molar-refractivity contribution is -0.118. The summed E-state index contributed by atoms with van der Waals surface area (Å²) < 4.78 is 14.1. The lowest BCUT2D eigenvalue weighted by Gasteiger charge is -2.05. The fourth-order valence-corrected chi connectivity index (χ4v) is 1.70. The predicted molar refractivity (Wildman–Crippen MR) is 64.2 cm³/mol. The van der Waals surface area contributed by atoms with Crippen LogP contribution in [0.3, 0.4) is 0 Å². The second-order valence-electron chi connectivity index (χ2n) is 3.48. The fourth-order valence-electron chi connectivity index (χ4n) is 1.29. The molecule has 0 aliphatic carbocycles. The van der Waals surface area contributed by atoms with Gasteiger partial charge in [-0.15, -0.1) is 0 Å². The summed E-state index contributed by atoms with van der Waals surface area (Å²) in [5.74, 6) is -0.541. The lowest BCUT2D eigenvalue weighted by Crippen LogP contribution is -2.18. The highest BCUT2D eigenvalue weighted by Gasteiger charge is 2.02. The van der Waals surface area contributed by atoms with Gasteiger partial charge in [0.1, 0.15) is 5.82 Å². The summed E-state index contributed by atoms with van der Waals surface area (Å²) in [5, 5.41) is 3.06. The van der Waals surface area contributed by atoms with Crippen molar-refractivity contribution in [3.05, 3.63) is 34.1 Å². The second kappa shape index (κ2) is 6.60. The molecule has 1 aromatic rings. The van der Waals surface area contributed by atoms with Gasteiger partial charge in [0.2, 0.25) is 5.91 Å². The van der Waals surface area contributed by atoms with Crippen LogP contribution < -0.4 is 11.1 Å². The summed E-state index contributed by atoms with van der Waals surface area (Å²) in [4.78, 5) is 10.5. The third-order valence-corrected chi connectivity index (χ3v) is 2.59. The molecule has 0 aliphatic rings. The van der Waals surface area contributed by atoms with Gasteiger partial charge in [-0.3, -0.25) is 4.79 Å². The Kier molecular flexibility index (Phi) is 5.42. The quantitative estimate of drug-likeness (QED) is 0.786. The maximum absolute atomic E-state index is 13.3. The topological polar surface area (TPSA) is 55.1 Å². The van der Waals surface area contributed by atoms with Gasteiger partial charge in [-0.25, -0.2) is 4.39 Å². The van der Waals surface area contributed by atoms with Gasteiger partial charge in [-0.2, -0.15) is 0 Å². The van der Waals surface area contributed by atoms with Crippen molar-refractivity contribution in [3.63, 3.8) is 0 Å². The van der Waals surface area contributed by atoms with Crippen LogP contribution in [0.1, 0.15) is 18.4 Å². The van der Waals surface area contributed by atoms with Crippen molar-refractivity contribution in [2.24, 2.45) is 5.73 Å². The molecule has 0 heterocycles. The number of amides is 1. The number of halogens is 2. The van der Waals surface area contributed by atoms with Gasteiger partial charge < -0.3 is 11.1 Å². The highest BCUT2D eigenvalue weighted by atomic mass is 79.9. The van der Waals surface area contributed by atoms with Crippen molar-refractivity contribution in [3.8, 4) is 0 Å². The van der Waals surface area contributed by atoms with Gasteiger partial charge >= 0.3 is 0 Å². The Balaban J connectivity index is 2.31. The number of hydrogen-bond donors (Lipinski definition) is 2. The summed E-state index contributed by atoms with van der Waals surface area (Å²) >= 11 is 3.28. The first kappa shape index (κ1) is 13.1. The number of nitrogens with one attached hydrogen (secondary N) is 1. The minimum absolute atomic E-state index is 0.231. The van der Waals surface area contributed by atoms with Gasteiger partial charge in [0.15, 0.2) is 0 Å². The molecule has 0 atom stereocenters. The molecule has 88 valence electrons. The van der Waals surface area contributed by atoms with Crippen LogP contribution in [0.2, 0.25) is 0 Å². The van der Waals surface area contributed by atoms with Gasteiger partial charge in [0, 0.05) is 23.0 Å². The molecule has 3 N–H and O–H groups in total. The van der Waals surface area contributed by atoms with E-state index in [-0.39, 0.29) is 11.7 Å². The van der Waals surface area contributed by atoms with Crippen LogP contribution in [0.4, 0.5) is 4.39 Å². The standard InChI is InChI=1S/C11H14BrFN2O/c12-9-3-4-10(13)8(6-9)7-15-5-1-2-11(14)16/h3-4,6,15H,1-2,5,7H2,(H2,14,16). The number of hydrogen-bond acceptors (Lipinski definition) is 2. The van der Waals surface area contributed by atoms with E-state index in [2.05, 4.69) is 21.2 Å². The van der Waals surface area contributed by atoms with Crippen LogP contribution in [0.5, 0.6) is 0 Å². The molecule has 5 heteroatoms. The molecular weight excluding hydrogens is 275 g/mol. The first-order valence-electron chi connectivity index (χ1n) is 5.02. The first-order valence-corrected chi connectivity index (χ1v) is 5.82. The van der Waals surface area contributed by atoms with Gasteiger partial charge in [-0.05, 0) is 31.2 Å². The maximum Gasteiger partial charge on any atom is 0.217 e. The molecule has 0 fully saturated rings. The average Bonchev–Trinajstić information content (AvgIpc) is 2.22. The molecule has 0 spiro atoms. The zero-order valence-corrected chi connectivity index (χ0v) is 10.4. The van der Waals surface area contributed by atoms with Gasteiger partial charge in [0.25, 0.3) is 0 Å². The SMILES string of the molecule is NC(=O)CCCNCc1cc(Br)ccc1F. The number of rotatable bonds is 6. The zero-order chi connectivity index (χ0) is 12.0. The summed E-state index contributed by atoms with van der Waals surface area (Å²) in [6, 6.07) is 4.81. The fraction of sp³-hybridized carbons (Fsp3) is 0.364. The van der Waals surface area contributed by atoms with E-state index in [9.17, 15) is 9.18 Å². The zero-order valence-electron chi connectivity index (χ0n) is 8.80. The summed E-state index contributed by atoms with van der Waals surface area (Å²) in [6.45, 7) is 1.10. The summed E-state index contributed by atoms with van der Waals surface area (Å²) in [5.41, 5.74) is 5.60. The molecule has 0 saturated heterocycles. The highest BCUT2D eigenvalue weighted by molar-refractivity contribution is 9.10. The Morgan fingerprint density at radius 2 is 2.25 bits per heavy atom. The van der Waals surface area contributed by atoms with E-state index in [1.807, 2.05) is 0 Å². The maximum atomic E-state index is 13.3. The van der Waals surface area contributed by atoms with Crippen molar-refractivity contribution < 1.29 is 9.18 Å². The smallest absolute Gasteiger partial charge is 0.217 e. The Morgan fingerprint density at radius 3 is 2.94 bits per heavy atom. The Hall–Kier alpha value is -0.940. The van der Waals surface area contributed by atoms with E-state index < -0.39 is 0 Å². The van der Waals surface area contributed by atoms with E-state index in [4.69, 9.17) is 5.73 Å². The molecule has 0 radical (unpaired) electrons. The number of benzene rings is 1. The molecule has 0 aliphatic heterocycles. The molecule has 0 unspecified atom stereocenters. The molecular formula is C11H14BrFN2O. The number of nitrogens with two attached hydrogens (primary N) is 1. The summed E-state index contributed by atoms with van der Waals surface area (Å²) in [6.07, 6.45) is 1.03. The van der Waals surface area contributed by atoms with E-state index in [0.29, 0.717) is 31.5 Å². The van der Waals surface area contributed by atoms with E-state index in [1.54, 1.807) is 12.1 Å². The lowest BCUT2D eigenvalue weighted by atomic mass is 10.2. The van der Waals surface area contributed by atoms with Crippen molar-refractivity contribution in [1.29, 1.82) is 0 Å². The molecule has 3 nitrogen and oxygen atoms in total. The highest BCUT2D eigenvalue weighted by Crippen LogP contribution is 2.15. The van der Waals surface area contributed by atoms with Crippen LogP contribution in [-0.4, -0.2) is 12.5 Å². The molecule has 0 bridgehead atoms. The normalized spacial score (nSPS) is 10.4. The molecule has 1 amide bonds. The molecule has 16 heavy (non-hydrogen) atoms. The average molecular weight is 289 g/mol. The van der Waals surface area contributed by atoms with Crippen LogP contribution in [0, 0.1) is 5.82 Å². The van der Waals surface area contributed by atoms with Gasteiger partial charge in [-0.1, -0.05) is 15.9 Å². The van der Waals surface area contributed by atoms with Crippen molar-refractivity contribution in [2.75, 3.05) is 6.54 Å². The largest absolute Gasteiger partial charge is 0.370 e. The van der Waals surface area contributed by atoms with E-state index in [0.717, 1.165) is 4.47 Å². The van der Waals surface area contributed by atoms with Crippen molar-refractivity contribution in [1.82, 2.24) is 5.32 Å². The second-order valence-corrected chi connectivity index (χ2v) is 4.40. The third kappa shape index (κ3) is 4.72. The van der Waals surface area contributed by atoms with Crippen LogP contribution in [0.25, 0.3) is 0 Å². The van der Waals surface area contributed by atoms with Crippen molar-refractivity contribution >= 4 is 21.8 Å². The molecule has 0 aromatic heterocycles. The van der Waals surface area contributed by atoms with E-state index >= 15 is 0 Å². The van der Waals surface area contributed by atoms with Crippen LogP contribution in [-0.2, 0) is 11.3 Å². The van der Waals surface area contributed by atoms with Gasteiger partial charge in [0.05, 0.1) is 0 Å². The predicted octanol–water partition coefficient (Wildman–Crippen LogP) is 1.94.